The Morgan fingerprint density at radius 3 is 2.45 bits per heavy atom. The molecule has 0 aromatic heterocycles. The summed E-state index contributed by atoms with van der Waals surface area (Å²) < 4.78 is 26.1. The van der Waals surface area contributed by atoms with Crippen molar-refractivity contribution in [2.75, 3.05) is 39.4 Å². The first-order chi connectivity index (χ1) is 15.0. The number of ketones is 1. The van der Waals surface area contributed by atoms with Crippen LogP contribution in [-0.4, -0.2) is 51.7 Å². The zero-order chi connectivity index (χ0) is 22.2. The maximum atomic E-state index is 12.3. The predicted octanol–water partition coefficient (Wildman–Crippen LogP) is 2.62. The lowest BCUT2D eigenvalue weighted by Crippen LogP contribution is -2.21. The summed E-state index contributed by atoms with van der Waals surface area (Å²) in [6, 6.07) is 9.80. The van der Waals surface area contributed by atoms with Crippen molar-refractivity contribution in [3.63, 3.8) is 0 Å². The summed E-state index contributed by atoms with van der Waals surface area (Å²) in [5.74, 6) is 0.623. The van der Waals surface area contributed by atoms with E-state index >= 15 is 0 Å². The largest absolute Gasteiger partial charge is 0.497 e. The third-order valence-electron chi connectivity index (χ3n) is 4.47. The van der Waals surface area contributed by atoms with Gasteiger partial charge in [-0.3, -0.25) is 14.4 Å². The second kappa shape index (κ2) is 10.3. The first-order valence-electron chi connectivity index (χ1n) is 9.60. The SMILES string of the molecule is COc1ccc(OC)c(NC(=O)COC(=O)CCC(=O)c2ccc3c(c2)OCCO3)c1. The van der Waals surface area contributed by atoms with Crippen LogP contribution in [-0.2, 0) is 14.3 Å². The van der Waals surface area contributed by atoms with Gasteiger partial charge in [0, 0.05) is 18.1 Å². The van der Waals surface area contributed by atoms with Crippen LogP contribution in [0.5, 0.6) is 23.0 Å². The molecule has 1 amide bonds. The number of Topliss-reactive ketones (excluding diaryl/α,β-unsaturated/α-hetero) is 1. The second-order valence-corrected chi connectivity index (χ2v) is 6.56. The molecule has 2 aromatic rings. The molecule has 164 valence electrons. The molecule has 3 rings (SSSR count). The van der Waals surface area contributed by atoms with Gasteiger partial charge in [0.15, 0.2) is 23.9 Å². The fourth-order valence-electron chi connectivity index (χ4n) is 2.89. The number of carbonyl (C=O) groups is 3. The number of fused-ring (bicyclic) bond motifs is 1. The number of hydrogen-bond donors (Lipinski definition) is 1. The Bertz CT molecular complexity index is 972. The summed E-state index contributed by atoms with van der Waals surface area (Å²) in [6.07, 6.45) is -0.202. The van der Waals surface area contributed by atoms with Gasteiger partial charge in [0.2, 0.25) is 0 Å². The quantitative estimate of drug-likeness (QED) is 0.479. The number of nitrogens with one attached hydrogen (secondary N) is 1. The Labute approximate surface area is 179 Å². The Kier molecular flexibility index (Phi) is 7.31. The zero-order valence-electron chi connectivity index (χ0n) is 17.3. The number of rotatable bonds is 9. The van der Waals surface area contributed by atoms with Crippen LogP contribution >= 0.6 is 0 Å². The smallest absolute Gasteiger partial charge is 0.306 e. The van der Waals surface area contributed by atoms with Crippen LogP contribution in [0.4, 0.5) is 5.69 Å². The van der Waals surface area contributed by atoms with Crippen molar-refractivity contribution >= 4 is 23.3 Å². The van der Waals surface area contributed by atoms with E-state index in [4.69, 9.17) is 23.7 Å². The molecule has 2 aromatic carbocycles. The summed E-state index contributed by atoms with van der Waals surface area (Å²) in [7, 11) is 2.97. The van der Waals surface area contributed by atoms with Crippen LogP contribution in [0.15, 0.2) is 36.4 Å². The normalized spacial score (nSPS) is 11.9. The van der Waals surface area contributed by atoms with E-state index in [9.17, 15) is 14.4 Å². The van der Waals surface area contributed by atoms with Gasteiger partial charge in [0.05, 0.1) is 26.3 Å². The van der Waals surface area contributed by atoms with Crippen LogP contribution in [0.2, 0.25) is 0 Å². The van der Waals surface area contributed by atoms with Crippen LogP contribution in [0, 0.1) is 0 Å². The highest BCUT2D eigenvalue weighted by Crippen LogP contribution is 2.31. The molecule has 1 heterocycles. The monoisotopic (exact) mass is 429 g/mol. The molecule has 0 fully saturated rings. The topological polar surface area (TPSA) is 109 Å². The van der Waals surface area contributed by atoms with E-state index in [0.29, 0.717) is 47.5 Å². The number of amides is 1. The van der Waals surface area contributed by atoms with Crippen LogP contribution < -0.4 is 24.3 Å². The van der Waals surface area contributed by atoms with Gasteiger partial charge in [0.1, 0.15) is 24.7 Å². The molecular formula is C22H23NO8. The van der Waals surface area contributed by atoms with Gasteiger partial charge in [-0.1, -0.05) is 0 Å². The molecule has 1 aliphatic rings. The molecular weight excluding hydrogens is 406 g/mol. The summed E-state index contributed by atoms with van der Waals surface area (Å²) in [5, 5.41) is 2.60. The van der Waals surface area contributed by atoms with E-state index in [1.165, 1.54) is 14.2 Å². The van der Waals surface area contributed by atoms with Gasteiger partial charge in [0.25, 0.3) is 5.91 Å². The minimum Gasteiger partial charge on any atom is -0.497 e. The molecule has 0 radical (unpaired) electrons. The van der Waals surface area contributed by atoms with Gasteiger partial charge in [-0.15, -0.1) is 0 Å². The van der Waals surface area contributed by atoms with Crippen molar-refractivity contribution in [2.24, 2.45) is 0 Å². The van der Waals surface area contributed by atoms with Crippen molar-refractivity contribution in [3.05, 3.63) is 42.0 Å². The van der Waals surface area contributed by atoms with Crippen molar-refractivity contribution in [2.45, 2.75) is 12.8 Å². The van der Waals surface area contributed by atoms with Gasteiger partial charge < -0.3 is 29.0 Å². The molecule has 1 aliphatic heterocycles. The fraction of sp³-hybridized carbons (Fsp3) is 0.318. The van der Waals surface area contributed by atoms with Crippen LogP contribution in [0.1, 0.15) is 23.2 Å². The summed E-state index contributed by atoms with van der Waals surface area (Å²) in [4.78, 5) is 36.4. The highest BCUT2D eigenvalue weighted by atomic mass is 16.6. The number of hydrogen-bond acceptors (Lipinski definition) is 8. The Hall–Kier alpha value is -3.75. The first kappa shape index (κ1) is 21.9. The van der Waals surface area contributed by atoms with Crippen molar-refractivity contribution in [3.8, 4) is 23.0 Å². The highest BCUT2D eigenvalue weighted by molar-refractivity contribution is 5.98. The van der Waals surface area contributed by atoms with Gasteiger partial charge in [-0.05, 0) is 30.3 Å². The molecule has 1 N–H and O–H groups in total. The number of anilines is 1. The Morgan fingerprint density at radius 1 is 0.935 bits per heavy atom. The highest BCUT2D eigenvalue weighted by Gasteiger charge is 2.17. The number of methoxy groups -OCH3 is 2. The molecule has 0 aliphatic carbocycles. The maximum absolute atomic E-state index is 12.3. The fourth-order valence-corrected chi connectivity index (χ4v) is 2.89. The van der Waals surface area contributed by atoms with Gasteiger partial charge in [-0.25, -0.2) is 0 Å². The summed E-state index contributed by atoms with van der Waals surface area (Å²) in [5.41, 5.74) is 0.802. The van der Waals surface area contributed by atoms with Crippen LogP contribution in [0.3, 0.4) is 0 Å². The molecule has 0 bridgehead atoms. The lowest BCUT2D eigenvalue weighted by Gasteiger charge is -2.18. The third kappa shape index (κ3) is 5.88. The van der Waals surface area contributed by atoms with E-state index in [1.807, 2.05) is 0 Å². The molecule has 0 atom stereocenters. The summed E-state index contributed by atoms with van der Waals surface area (Å²) in [6.45, 7) is 0.391. The number of esters is 1. The second-order valence-electron chi connectivity index (χ2n) is 6.56. The zero-order valence-corrected chi connectivity index (χ0v) is 17.3. The molecule has 9 nitrogen and oxygen atoms in total. The number of benzene rings is 2. The Morgan fingerprint density at radius 2 is 1.71 bits per heavy atom. The van der Waals surface area contributed by atoms with E-state index in [0.717, 1.165) is 0 Å². The van der Waals surface area contributed by atoms with Crippen molar-refractivity contribution < 1.29 is 38.1 Å². The minimum atomic E-state index is -0.654. The number of carbonyl (C=O) groups excluding carboxylic acids is 3. The third-order valence-corrected chi connectivity index (χ3v) is 4.47. The summed E-state index contributed by atoms with van der Waals surface area (Å²) >= 11 is 0. The molecule has 9 heteroatoms. The maximum Gasteiger partial charge on any atom is 0.306 e. The van der Waals surface area contributed by atoms with E-state index in [-0.39, 0.29) is 18.6 Å². The van der Waals surface area contributed by atoms with E-state index < -0.39 is 18.5 Å². The molecule has 0 spiro atoms. The lowest BCUT2D eigenvalue weighted by molar-refractivity contribution is -0.147. The average molecular weight is 429 g/mol. The molecule has 0 saturated carbocycles. The molecule has 0 unspecified atom stereocenters. The predicted molar refractivity (Wildman–Crippen MR) is 110 cm³/mol. The standard InChI is InChI=1S/C22H23NO8/c1-27-15-4-7-18(28-2)16(12-15)23-21(25)13-31-22(26)8-5-17(24)14-3-6-19-20(11-14)30-10-9-29-19/h3-4,6-7,11-12H,5,8-10,13H2,1-2H3,(H,23,25). The van der Waals surface area contributed by atoms with Gasteiger partial charge >= 0.3 is 5.97 Å². The molecule has 0 saturated heterocycles. The van der Waals surface area contributed by atoms with E-state index in [2.05, 4.69) is 5.32 Å². The Balaban J connectivity index is 1.46. The van der Waals surface area contributed by atoms with Crippen LogP contribution in [0.25, 0.3) is 0 Å². The van der Waals surface area contributed by atoms with Crippen molar-refractivity contribution in [1.29, 1.82) is 0 Å². The van der Waals surface area contributed by atoms with Crippen molar-refractivity contribution in [1.82, 2.24) is 0 Å². The lowest BCUT2D eigenvalue weighted by atomic mass is 10.1. The minimum absolute atomic E-state index is 0.0518. The average Bonchev–Trinajstić information content (AvgIpc) is 2.80. The van der Waals surface area contributed by atoms with E-state index in [1.54, 1.807) is 36.4 Å². The first-order valence-corrected chi connectivity index (χ1v) is 9.60. The van der Waals surface area contributed by atoms with Gasteiger partial charge in [-0.2, -0.15) is 0 Å². The molecule has 31 heavy (non-hydrogen) atoms. The number of ether oxygens (including phenoxy) is 5.